The van der Waals surface area contributed by atoms with E-state index >= 15 is 0 Å². The molecular formula is C14H26N2O3. The zero-order chi connectivity index (χ0) is 14.2. The summed E-state index contributed by atoms with van der Waals surface area (Å²) < 4.78 is 5.44. The molecule has 1 amide bonds. The summed E-state index contributed by atoms with van der Waals surface area (Å²) >= 11 is 0. The molecule has 1 unspecified atom stereocenters. The number of hydrogen-bond acceptors (Lipinski definition) is 4. The van der Waals surface area contributed by atoms with Crippen LogP contribution in [-0.4, -0.2) is 64.4 Å². The van der Waals surface area contributed by atoms with Crippen molar-refractivity contribution in [1.29, 1.82) is 0 Å². The number of nitrogens with zero attached hydrogens (tertiary/aromatic N) is 2. The van der Waals surface area contributed by atoms with Gasteiger partial charge in [-0.25, -0.2) is 4.79 Å². The Morgan fingerprint density at radius 3 is 2.26 bits per heavy atom. The summed E-state index contributed by atoms with van der Waals surface area (Å²) in [7, 11) is 0. The molecule has 0 spiro atoms. The second-order valence-electron chi connectivity index (χ2n) is 6.82. The summed E-state index contributed by atoms with van der Waals surface area (Å²) in [6.45, 7) is 9.64. The van der Waals surface area contributed by atoms with Crippen LogP contribution < -0.4 is 0 Å². The molecule has 5 heteroatoms. The monoisotopic (exact) mass is 270 g/mol. The molecule has 0 saturated carbocycles. The Bertz CT molecular complexity index is 324. The van der Waals surface area contributed by atoms with Crippen LogP contribution >= 0.6 is 0 Å². The third kappa shape index (κ3) is 3.60. The van der Waals surface area contributed by atoms with E-state index in [2.05, 4.69) is 4.90 Å². The highest BCUT2D eigenvalue weighted by atomic mass is 16.6. The van der Waals surface area contributed by atoms with Crippen molar-refractivity contribution in [2.24, 2.45) is 0 Å². The van der Waals surface area contributed by atoms with E-state index in [1.54, 1.807) is 0 Å². The molecule has 2 aliphatic heterocycles. The van der Waals surface area contributed by atoms with Crippen LogP contribution in [0.3, 0.4) is 0 Å². The lowest BCUT2D eigenvalue weighted by Crippen LogP contribution is -2.57. The molecule has 0 aromatic heterocycles. The molecule has 2 fully saturated rings. The van der Waals surface area contributed by atoms with Gasteiger partial charge in [0.2, 0.25) is 0 Å². The molecule has 2 aliphatic rings. The zero-order valence-corrected chi connectivity index (χ0v) is 12.4. The molecule has 0 aromatic carbocycles. The minimum absolute atomic E-state index is 0.207. The number of likely N-dealkylation sites (tertiary alicyclic amines) is 1. The van der Waals surface area contributed by atoms with Crippen molar-refractivity contribution >= 4 is 6.09 Å². The molecule has 1 N–H and O–H groups in total. The second kappa shape index (κ2) is 5.29. The number of aliphatic hydroxyl groups excluding tert-OH is 1. The van der Waals surface area contributed by atoms with Gasteiger partial charge in [0.25, 0.3) is 0 Å². The second-order valence-corrected chi connectivity index (χ2v) is 6.82. The lowest BCUT2D eigenvalue weighted by Gasteiger charge is -2.41. The summed E-state index contributed by atoms with van der Waals surface area (Å²) in [6.07, 6.45) is 1.70. The van der Waals surface area contributed by atoms with Crippen LogP contribution in [0.15, 0.2) is 0 Å². The fraction of sp³-hybridized carbons (Fsp3) is 0.929. The topological polar surface area (TPSA) is 53.0 Å². The van der Waals surface area contributed by atoms with Crippen LogP contribution in [0.2, 0.25) is 0 Å². The van der Waals surface area contributed by atoms with Crippen molar-refractivity contribution in [3.8, 4) is 0 Å². The third-order valence-corrected chi connectivity index (χ3v) is 3.76. The Balaban J connectivity index is 1.94. The first-order chi connectivity index (χ1) is 8.76. The van der Waals surface area contributed by atoms with E-state index in [9.17, 15) is 9.90 Å². The van der Waals surface area contributed by atoms with Gasteiger partial charge in [-0.1, -0.05) is 0 Å². The first kappa shape index (κ1) is 14.6. The normalized spacial score (nSPS) is 29.4. The maximum Gasteiger partial charge on any atom is 0.410 e. The lowest BCUT2D eigenvalue weighted by atomic mass is 10.1. The van der Waals surface area contributed by atoms with Crippen molar-refractivity contribution in [2.75, 3.05) is 19.6 Å². The predicted molar refractivity (Wildman–Crippen MR) is 73.0 cm³/mol. The average Bonchev–Trinajstić information content (AvgIpc) is 2.48. The minimum Gasteiger partial charge on any atom is -0.444 e. The number of amides is 1. The highest BCUT2D eigenvalue weighted by molar-refractivity contribution is 5.68. The van der Waals surface area contributed by atoms with Gasteiger partial charge in [0.1, 0.15) is 5.60 Å². The summed E-state index contributed by atoms with van der Waals surface area (Å²) in [6, 6.07) is 0.752. The quantitative estimate of drug-likeness (QED) is 0.825. The largest absolute Gasteiger partial charge is 0.444 e. The number of hydrogen-bond donors (Lipinski definition) is 1. The predicted octanol–water partition coefficient (Wildman–Crippen LogP) is 1.45. The molecule has 110 valence electrons. The van der Waals surface area contributed by atoms with E-state index in [1.807, 2.05) is 32.6 Å². The summed E-state index contributed by atoms with van der Waals surface area (Å²) in [5.74, 6) is 0. The number of ether oxygens (including phenoxy) is 1. The summed E-state index contributed by atoms with van der Waals surface area (Å²) in [5, 5.41) is 9.55. The van der Waals surface area contributed by atoms with Crippen LogP contribution in [0.25, 0.3) is 0 Å². The van der Waals surface area contributed by atoms with Gasteiger partial charge in [0, 0.05) is 31.7 Å². The van der Waals surface area contributed by atoms with Gasteiger partial charge < -0.3 is 14.7 Å². The highest BCUT2D eigenvalue weighted by Crippen LogP contribution is 2.30. The Kier molecular flexibility index (Phi) is 4.06. The van der Waals surface area contributed by atoms with Crippen molar-refractivity contribution in [3.05, 3.63) is 0 Å². The third-order valence-electron chi connectivity index (χ3n) is 3.76. The lowest BCUT2D eigenvalue weighted by molar-refractivity contribution is -0.00609. The number of fused-ring (bicyclic) bond motifs is 2. The van der Waals surface area contributed by atoms with Gasteiger partial charge in [0.15, 0.2) is 0 Å². The fourth-order valence-corrected chi connectivity index (χ4v) is 3.07. The molecule has 5 nitrogen and oxygen atoms in total. The van der Waals surface area contributed by atoms with Crippen molar-refractivity contribution < 1.29 is 14.6 Å². The number of rotatable bonds is 2. The molecule has 0 aromatic rings. The van der Waals surface area contributed by atoms with Crippen LogP contribution in [0.5, 0.6) is 0 Å². The molecule has 2 saturated heterocycles. The number of aliphatic hydroxyl groups is 1. The Labute approximate surface area is 115 Å². The Morgan fingerprint density at radius 1 is 1.32 bits per heavy atom. The van der Waals surface area contributed by atoms with E-state index in [1.165, 1.54) is 0 Å². The fourth-order valence-electron chi connectivity index (χ4n) is 3.07. The molecule has 0 radical (unpaired) electrons. The van der Waals surface area contributed by atoms with Gasteiger partial charge in [0.05, 0.1) is 6.10 Å². The maximum absolute atomic E-state index is 12.1. The SMILES string of the molecule is CC(O)CN1[C@@H]2CC[C@H]1CN(C(=O)OC(C)(C)C)C2. The maximum atomic E-state index is 12.1. The molecule has 2 rings (SSSR count). The van der Waals surface area contributed by atoms with Gasteiger partial charge in [-0.3, -0.25) is 4.90 Å². The van der Waals surface area contributed by atoms with Gasteiger partial charge in [-0.2, -0.15) is 0 Å². The number of carbonyl (C=O) groups excluding carboxylic acids is 1. The average molecular weight is 270 g/mol. The van der Waals surface area contributed by atoms with Crippen molar-refractivity contribution in [2.45, 2.75) is 64.3 Å². The van der Waals surface area contributed by atoms with Gasteiger partial charge in [-0.05, 0) is 40.5 Å². The van der Waals surface area contributed by atoms with Crippen LogP contribution in [0, 0.1) is 0 Å². The van der Waals surface area contributed by atoms with E-state index < -0.39 is 5.60 Å². The van der Waals surface area contributed by atoms with Crippen molar-refractivity contribution in [3.63, 3.8) is 0 Å². The van der Waals surface area contributed by atoms with E-state index in [0.29, 0.717) is 18.6 Å². The molecular weight excluding hydrogens is 244 g/mol. The van der Waals surface area contributed by atoms with Crippen LogP contribution in [-0.2, 0) is 4.74 Å². The molecule has 19 heavy (non-hydrogen) atoms. The zero-order valence-electron chi connectivity index (χ0n) is 12.4. The molecule has 0 aliphatic carbocycles. The molecule has 3 atom stereocenters. The van der Waals surface area contributed by atoms with E-state index in [0.717, 1.165) is 25.9 Å². The van der Waals surface area contributed by atoms with Crippen LogP contribution in [0.1, 0.15) is 40.5 Å². The number of piperazine rings is 1. The Hall–Kier alpha value is -0.810. The van der Waals surface area contributed by atoms with Crippen LogP contribution in [0.4, 0.5) is 4.79 Å². The van der Waals surface area contributed by atoms with E-state index in [-0.39, 0.29) is 12.2 Å². The van der Waals surface area contributed by atoms with Gasteiger partial charge >= 0.3 is 6.09 Å². The first-order valence-electron chi connectivity index (χ1n) is 7.18. The summed E-state index contributed by atoms with van der Waals surface area (Å²) in [5.41, 5.74) is -0.438. The van der Waals surface area contributed by atoms with E-state index in [4.69, 9.17) is 4.74 Å². The first-order valence-corrected chi connectivity index (χ1v) is 7.18. The van der Waals surface area contributed by atoms with Gasteiger partial charge in [-0.15, -0.1) is 0 Å². The summed E-state index contributed by atoms with van der Waals surface area (Å²) in [4.78, 5) is 16.3. The molecule has 2 bridgehead atoms. The minimum atomic E-state index is -0.438. The smallest absolute Gasteiger partial charge is 0.410 e. The number of carbonyl (C=O) groups is 1. The molecule has 2 heterocycles. The standard InChI is InChI=1S/C14H26N2O3/c1-10(17)7-16-11-5-6-12(16)9-15(8-11)13(18)19-14(2,3)4/h10-12,17H,5-9H2,1-4H3/t10?,11-,12+. The Morgan fingerprint density at radius 2 is 1.84 bits per heavy atom. The highest BCUT2D eigenvalue weighted by Gasteiger charge is 2.42. The van der Waals surface area contributed by atoms with Crippen molar-refractivity contribution in [1.82, 2.24) is 9.80 Å².